The summed E-state index contributed by atoms with van der Waals surface area (Å²) in [6.07, 6.45) is -0.389. The fourth-order valence-electron chi connectivity index (χ4n) is 3.39. The van der Waals surface area contributed by atoms with E-state index < -0.39 is 52.4 Å². The summed E-state index contributed by atoms with van der Waals surface area (Å²) < 4.78 is 15.7. The number of carbonyl (C=O) groups is 5. The van der Waals surface area contributed by atoms with E-state index in [-0.39, 0.29) is 24.6 Å². The van der Waals surface area contributed by atoms with Gasteiger partial charge < -0.3 is 19.5 Å². The topological polar surface area (TPSA) is 128 Å². The van der Waals surface area contributed by atoms with Gasteiger partial charge in [-0.2, -0.15) is 0 Å². The number of halogens is 1. The molecule has 0 radical (unpaired) electrons. The first-order valence-corrected chi connectivity index (χ1v) is 12.4. The Morgan fingerprint density at radius 1 is 1.23 bits per heavy atom. The van der Waals surface area contributed by atoms with Gasteiger partial charge in [-0.3, -0.25) is 24.1 Å². The SMILES string of the molecule is CC(C)(C)OC(=O)C(Cl)N1C(=O)[C@@H](NC(=O)COc2ccccc2)[C@H]1SCC(=O)[C@@H]1CCC(=O)O1. The Morgan fingerprint density at radius 3 is 2.51 bits per heavy atom. The molecule has 1 N–H and O–H groups in total. The number of rotatable bonds is 10. The Morgan fingerprint density at radius 2 is 1.91 bits per heavy atom. The van der Waals surface area contributed by atoms with E-state index in [0.29, 0.717) is 12.2 Å². The van der Waals surface area contributed by atoms with Crippen LogP contribution in [0.15, 0.2) is 30.3 Å². The summed E-state index contributed by atoms with van der Waals surface area (Å²) in [5.41, 5.74) is -2.28. The molecule has 2 heterocycles. The molecule has 2 fully saturated rings. The zero-order valence-electron chi connectivity index (χ0n) is 19.5. The summed E-state index contributed by atoms with van der Waals surface area (Å²) in [6, 6.07) is 7.64. The Bertz CT molecular complexity index is 983. The molecule has 1 aromatic rings. The molecular formula is C23H27ClN2O8S. The fourth-order valence-corrected chi connectivity index (χ4v) is 5.01. The van der Waals surface area contributed by atoms with E-state index in [9.17, 15) is 24.0 Å². The van der Waals surface area contributed by atoms with Gasteiger partial charge in [-0.1, -0.05) is 29.8 Å². The quantitative estimate of drug-likeness (QED) is 0.209. The van der Waals surface area contributed by atoms with E-state index in [1.807, 2.05) is 0 Å². The number of benzene rings is 1. The van der Waals surface area contributed by atoms with Gasteiger partial charge in [0.2, 0.25) is 5.50 Å². The van der Waals surface area contributed by atoms with Crippen LogP contribution in [0.5, 0.6) is 5.75 Å². The van der Waals surface area contributed by atoms with Crippen molar-refractivity contribution in [1.29, 1.82) is 0 Å². The Balaban J connectivity index is 1.65. The highest BCUT2D eigenvalue weighted by atomic mass is 35.5. The summed E-state index contributed by atoms with van der Waals surface area (Å²) in [6.45, 7) is 4.65. The third-order valence-electron chi connectivity index (χ3n) is 4.99. The zero-order valence-corrected chi connectivity index (χ0v) is 21.1. The number of hydrogen-bond donors (Lipinski definition) is 1. The molecule has 0 aliphatic carbocycles. The number of ketones is 1. The number of hydrogen-bond acceptors (Lipinski definition) is 9. The highest BCUT2D eigenvalue weighted by Gasteiger charge is 2.54. The summed E-state index contributed by atoms with van der Waals surface area (Å²) in [7, 11) is 0. The van der Waals surface area contributed by atoms with Crippen LogP contribution in [0.1, 0.15) is 33.6 Å². The highest BCUT2D eigenvalue weighted by Crippen LogP contribution is 2.35. The number of cyclic esters (lactones) is 1. The predicted molar refractivity (Wildman–Crippen MR) is 127 cm³/mol. The smallest absolute Gasteiger partial charge is 0.345 e. The molecule has 35 heavy (non-hydrogen) atoms. The maximum Gasteiger partial charge on any atom is 0.345 e. The van der Waals surface area contributed by atoms with Gasteiger partial charge in [-0.25, -0.2) is 4.79 Å². The van der Waals surface area contributed by atoms with E-state index in [0.717, 1.165) is 16.7 Å². The molecule has 1 unspecified atom stereocenters. The number of nitrogens with one attached hydrogen (secondary N) is 1. The second kappa shape index (κ2) is 11.3. The number of carbonyl (C=O) groups excluding carboxylic acids is 5. The maximum absolute atomic E-state index is 12.8. The van der Waals surface area contributed by atoms with Crippen molar-refractivity contribution in [3.05, 3.63) is 30.3 Å². The van der Waals surface area contributed by atoms with Crippen LogP contribution >= 0.6 is 23.4 Å². The molecule has 3 rings (SSSR count). The predicted octanol–water partition coefficient (Wildman–Crippen LogP) is 1.63. The van der Waals surface area contributed by atoms with Crippen molar-refractivity contribution in [3.63, 3.8) is 0 Å². The number of likely N-dealkylation sites (tertiary alicyclic amines) is 1. The van der Waals surface area contributed by atoms with Crippen molar-refractivity contribution < 1.29 is 38.2 Å². The number of para-hydroxylation sites is 1. The summed E-state index contributed by atoms with van der Waals surface area (Å²) in [5, 5.41) is 1.76. The molecule has 2 saturated heterocycles. The van der Waals surface area contributed by atoms with E-state index >= 15 is 0 Å². The molecule has 0 saturated carbocycles. The minimum atomic E-state index is -1.45. The summed E-state index contributed by atoms with van der Waals surface area (Å²) >= 11 is 7.27. The molecule has 2 amide bonds. The molecule has 2 aliphatic rings. The number of amides is 2. The second-order valence-electron chi connectivity index (χ2n) is 8.95. The lowest BCUT2D eigenvalue weighted by molar-refractivity contribution is -0.167. The third kappa shape index (κ3) is 7.11. The summed E-state index contributed by atoms with van der Waals surface area (Å²) in [5.74, 6) is -2.39. The van der Waals surface area contributed by atoms with E-state index in [2.05, 4.69) is 5.32 Å². The van der Waals surface area contributed by atoms with Crippen LogP contribution in [-0.4, -0.2) is 75.4 Å². The monoisotopic (exact) mass is 526 g/mol. The molecule has 0 bridgehead atoms. The van der Waals surface area contributed by atoms with Gasteiger partial charge >= 0.3 is 11.9 Å². The van der Waals surface area contributed by atoms with Gasteiger partial charge in [-0.15, -0.1) is 11.8 Å². The maximum atomic E-state index is 12.8. The number of alkyl halides is 1. The first kappa shape index (κ1) is 26.8. The van der Waals surface area contributed by atoms with Crippen molar-refractivity contribution >= 4 is 52.9 Å². The lowest BCUT2D eigenvalue weighted by atomic mass is 10.1. The van der Waals surface area contributed by atoms with Crippen LogP contribution in [0.3, 0.4) is 0 Å². The average molecular weight is 527 g/mol. The van der Waals surface area contributed by atoms with Crippen molar-refractivity contribution in [1.82, 2.24) is 10.2 Å². The standard InChI is InChI=1S/C23H27ClN2O8S/c1-23(2,3)34-22(31)19(24)26-20(30)18(25-16(28)11-32-13-7-5-4-6-8-13)21(26)35-12-14(27)15-9-10-17(29)33-15/h4-8,15,18-19,21H,9-12H2,1-3H3,(H,25,28)/t15-,18+,19?,21+/m0/s1. The minimum absolute atomic E-state index is 0.114. The van der Waals surface area contributed by atoms with E-state index in [1.54, 1.807) is 51.1 Å². The summed E-state index contributed by atoms with van der Waals surface area (Å²) in [4.78, 5) is 62.6. The molecule has 2 aliphatic heterocycles. The molecule has 12 heteroatoms. The lowest BCUT2D eigenvalue weighted by Crippen LogP contribution is -2.72. The Hall–Kier alpha value is -2.79. The van der Waals surface area contributed by atoms with Gasteiger partial charge in [0, 0.05) is 12.8 Å². The minimum Gasteiger partial charge on any atom is -0.484 e. The number of esters is 2. The van der Waals surface area contributed by atoms with Crippen LogP contribution < -0.4 is 10.1 Å². The van der Waals surface area contributed by atoms with Crippen LogP contribution in [0.2, 0.25) is 0 Å². The first-order chi connectivity index (χ1) is 16.5. The number of ether oxygens (including phenoxy) is 3. The van der Waals surface area contributed by atoms with Crippen molar-refractivity contribution in [2.75, 3.05) is 12.4 Å². The largest absolute Gasteiger partial charge is 0.484 e. The van der Waals surface area contributed by atoms with E-state index in [4.69, 9.17) is 25.8 Å². The highest BCUT2D eigenvalue weighted by molar-refractivity contribution is 8.00. The zero-order chi connectivity index (χ0) is 25.8. The van der Waals surface area contributed by atoms with Crippen LogP contribution in [0, 0.1) is 0 Å². The van der Waals surface area contributed by atoms with Gasteiger partial charge in [-0.05, 0) is 32.9 Å². The molecule has 0 aromatic heterocycles. The van der Waals surface area contributed by atoms with E-state index in [1.165, 1.54) is 0 Å². The van der Waals surface area contributed by atoms with Gasteiger partial charge in [0.05, 0.1) is 5.75 Å². The molecule has 190 valence electrons. The lowest BCUT2D eigenvalue weighted by Gasteiger charge is -2.48. The van der Waals surface area contributed by atoms with Crippen LogP contribution in [-0.2, 0) is 33.4 Å². The molecular weight excluding hydrogens is 500 g/mol. The van der Waals surface area contributed by atoms with Crippen LogP contribution in [0.4, 0.5) is 0 Å². The van der Waals surface area contributed by atoms with Crippen LogP contribution in [0.25, 0.3) is 0 Å². The van der Waals surface area contributed by atoms with Gasteiger partial charge in [0.25, 0.3) is 11.8 Å². The fraction of sp³-hybridized carbons (Fsp3) is 0.522. The van der Waals surface area contributed by atoms with Crippen molar-refractivity contribution in [2.45, 2.75) is 62.2 Å². The number of Topliss-reactive ketones (excluding diaryl/α,β-unsaturated/α-hetero) is 1. The van der Waals surface area contributed by atoms with Crippen molar-refractivity contribution in [3.8, 4) is 5.75 Å². The molecule has 1 aromatic carbocycles. The second-order valence-corrected chi connectivity index (χ2v) is 10.5. The Labute approximate surface area is 212 Å². The molecule has 0 spiro atoms. The van der Waals surface area contributed by atoms with Crippen molar-refractivity contribution in [2.24, 2.45) is 0 Å². The normalized spacial score (nSPS) is 22.6. The number of β-lactam (4-membered cyclic amide) rings is 1. The number of thioether (sulfide) groups is 1. The molecule has 4 atom stereocenters. The third-order valence-corrected chi connectivity index (χ3v) is 6.68. The average Bonchev–Trinajstić information content (AvgIpc) is 3.24. The Kier molecular flexibility index (Phi) is 8.65. The number of nitrogens with zero attached hydrogens (tertiary/aromatic N) is 1. The van der Waals surface area contributed by atoms with Gasteiger partial charge in [0.15, 0.2) is 18.5 Å². The first-order valence-electron chi connectivity index (χ1n) is 11.0. The molecule has 10 nitrogen and oxygen atoms in total. The van der Waals surface area contributed by atoms with Gasteiger partial charge in [0.1, 0.15) is 22.8 Å².